The molecule has 10 heteroatoms. The Kier molecular flexibility index (Phi) is 4.39. The number of carboxylic acids is 1. The van der Waals surface area contributed by atoms with Gasteiger partial charge in [-0.25, -0.2) is 9.18 Å². The highest BCUT2D eigenvalue weighted by molar-refractivity contribution is 8.00. The second-order valence-corrected chi connectivity index (χ2v) is 7.73. The molecule has 3 aliphatic rings. The van der Waals surface area contributed by atoms with Crippen molar-refractivity contribution in [3.8, 4) is 5.75 Å². The largest absolute Gasteiger partial charge is 0.508 e. The second-order valence-electron chi connectivity index (χ2n) is 6.63. The van der Waals surface area contributed by atoms with Crippen molar-refractivity contribution in [2.75, 3.05) is 17.2 Å². The number of β-lactam (4-membered cyclic amide) rings is 1. The minimum atomic E-state index is -1.26. The Morgan fingerprint density at radius 3 is 2.79 bits per heavy atom. The first-order valence-electron chi connectivity index (χ1n) is 8.47. The fraction of sp³-hybridized carbons (Fsp3) is 0.278. The number of aliphatic carboxylic acids is 1. The van der Waals surface area contributed by atoms with E-state index in [0.717, 1.165) is 11.0 Å². The van der Waals surface area contributed by atoms with Crippen LogP contribution in [0.4, 0.5) is 10.1 Å². The number of aromatic hydroxyl groups is 1. The predicted molar refractivity (Wildman–Crippen MR) is 98.8 cm³/mol. The van der Waals surface area contributed by atoms with Gasteiger partial charge in [-0.3, -0.25) is 14.5 Å². The highest BCUT2D eigenvalue weighted by atomic mass is 32.2. The molecule has 0 aliphatic carbocycles. The van der Waals surface area contributed by atoms with E-state index in [4.69, 9.17) is 5.73 Å². The van der Waals surface area contributed by atoms with Crippen molar-refractivity contribution in [1.29, 1.82) is 0 Å². The van der Waals surface area contributed by atoms with Crippen LogP contribution in [0.2, 0.25) is 0 Å². The number of carbonyl (C=O) groups excluding carboxylic acids is 2. The summed E-state index contributed by atoms with van der Waals surface area (Å²) >= 11 is 1.34. The summed E-state index contributed by atoms with van der Waals surface area (Å²) < 4.78 is 14.1. The number of fused-ring (bicyclic) bond motifs is 1. The average molecular weight is 405 g/mol. The molecule has 3 aliphatic heterocycles. The van der Waals surface area contributed by atoms with Gasteiger partial charge in [-0.2, -0.15) is 0 Å². The second kappa shape index (κ2) is 6.64. The lowest BCUT2D eigenvalue weighted by atomic mass is 10.0. The van der Waals surface area contributed by atoms with E-state index in [2.05, 4.69) is 0 Å². The molecule has 0 radical (unpaired) electrons. The zero-order valence-corrected chi connectivity index (χ0v) is 15.3. The molecule has 28 heavy (non-hydrogen) atoms. The molecule has 0 saturated carbocycles. The van der Waals surface area contributed by atoms with Gasteiger partial charge in [0.1, 0.15) is 22.9 Å². The molecule has 0 unspecified atom stereocenters. The zero-order valence-electron chi connectivity index (χ0n) is 14.5. The molecule has 1 aromatic rings. The Balaban J connectivity index is 1.66. The van der Waals surface area contributed by atoms with Crippen molar-refractivity contribution < 1.29 is 29.0 Å². The molecule has 1 aromatic carbocycles. The summed E-state index contributed by atoms with van der Waals surface area (Å²) in [5, 5.41) is 18.5. The average Bonchev–Trinajstić information content (AvgIpc) is 3.01. The van der Waals surface area contributed by atoms with Gasteiger partial charge in [0.05, 0.1) is 5.69 Å². The van der Waals surface area contributed by atoms with Gasteiger partial charge in [-0.05, 0) is 30.2 Å². The van der Waals surface area contributed by atoms with Crippen LogP contribution in [0.3, 0.4) is 0 Å². The highest BCUT2D eigenvalue weighted by Crippen LogP contribution is 2.40. The highest BCUT2D eigenvalue weighted by Gasteiger charge is 2.51. The van der Waals surface area contributed by atoms with Crippen LogP contribution in [0.1, 0.15) is 6.42 Å². The summed E-state index contributed by atoms with van der Waals surface area (Å²) in [6.07, 6.45) is 1.78. The quantitative estimate of drug-likeness (QED) is 0.501. The van der Waals surface area contributed by atoms with E-state index < -0.39 is 35.0 Å². The molecule has 0 spiro atoms. The SMILES string of the molecule is N[C@@H]1C(=O)N2C(C(=O)O)=C(C=C3CCN(c4ccc(O)cc4F)C3=O)CS[C@H]12. The van der Waals surface area contributed by atoms with E-state index >= 15 is 0 Å². The fourth-order valence-corrected chi connectivity index (χ4v) is 4.81. The number of amides is 2. The number of carbonyl (C=O) groups is 3. The molecule has 4 rings (SSSR count). The Hall–Kier alpha value is -2.85. The molecule has 2 saturated heterocycles. The van der Waals surface area contributed by atoms with E-state index in [1.54, 1.807) is 0 Å². The van der Waals surface area contributed by atoms with Gasteiger partial charge in [-0.1, -0.05) is 0 Å². The number of nitrogens with zero attached hydrogens (tertiary/aromatic N) is 2. The molecule has 146 valence electrons. The number of hydrogen-bond donors (Lipinski definition) is 3. The van der Waals surface area contributed by atoms with Crippen LogP contribution in [0.5, 0.6) is 5.75 Å². The maximum atomic E-state index is 14.1. The smallest absolute Gasteiger partial charge is 0.352 e. The van der Waals surface area contributed by atoms with Gasteiger partial charge in [0.25, 0.3) is 5.91 Å². The van der Waals surface area contributed by atoms with Crippen molar-refractivity contribution in [3.05, 3.63) is 46.9 Å². The number of phenols is 1. The maximum Gasteiger partial charge on any atom is 0.352 e. The zero-order chi connectivity index (χ0) is 20.2. The lowest BCUT2D eigenvalue weighted by molar-refractivity contribution is -0.147. The number of thioether (sulfide) groups is 1. The van der Waals surface area contributed by atoms with Crippen molar-refractivity contribution in [1.82, 2.24) is 4.90 Å². The third-order valence-electron chi connectivity index (χ3n) is 4.94. The third-order valence-corrected chi connectivity index (χ3v) is 6.26. The van der Waals surface area contributed by atoms with Crippen molar-refractivity contribution >= 4 is 35.2 Å². The maximum absolute atomic E-state index is 14.1. The molecule has 3 heterocycles. The van der Waals surface area contributed by atoms with E-state index in [1.807, 2.05) is 0 Å². The number of rotatable bonds is 3. The summed E-state index contributed by atoms with van der Waals surface area (Å²) in [5.74, 6) is -2.84. The third kappa shape index (κ3) is 2.76. The van der Waals surface area contributed by atoms with Crippen LogP contribution < -0.4 is 10.6 Å². The lowest BCUT2D eigenvalue weighted by Gasteiger charge is -2.47. The molecule has 2 atom stereocenters. The molecule has 8 nitrogen and oxygen atoms in total. The van der Waals surface area contributed by atoms with Gasteiger partial charge in [-0.15, -0.1) is 11.8 Å². The van der Waals surface area contributed by atoms with Gasteiger partial charge in [0.2, 0.25) is 5.91 Å². The minimum absolute atomic E-state index is 0.0422. The van der Waals surface area contributed by atoms with Gasteiger partial charge < -0.3 is 20.8 Å². The monoisotopic (exact) mass is 405 g/mol. The molecule has 0 aromatic heterocycles. The van der Waals surface area contributed by atoms with Crippen LogP contribution in [0, 0.1) is 5.82 Å². The van der Waals surface area contributed by atoms with E-state index in [1.165, 1.54) is 34.9 Å². The van der Waals surface area contributed by atoms with Crippen molar-refractivity contribution in [2.24, 2.45) is 5.73 Å². The summed E-state index contributed by atoms with van der Waals surface area (Å²) in [7, 11) is 0. The topological polar surface area (TPSA) is 124 Å². The van der Waals surface area contributed by atoms with Crippen molar-refractivity contribution in [3.63, 3.8) is 0 Å². The number of benzene rings is 1. The van der Waals surface area contributed by atoms with Gasteiger partial charge in [0.15, 0.2) is 5.82 Å². The first-order valence-corrected chi connectivity index (χ1v) is 9.52. The van der Waals surface area contributed by atoms with Crippen LogP contribution in [-0.2, 0) is 14.4 Å². The molecule has 0 bridgehead atoms. The summed E-state index contributed by atoms with van der Waals surface area (Å²) in [5.41, 5.74) is 6.28. The molecule has 4 N–H and O–H groups in total. The number of halogens is 1. The molecule has 2 amide bonds. The van der Waals surface area contributed by atoms with E-state index in [9.17, 15) is 29.0 Å². The Labute approximate surface area is 163 Å². The standard InChI is InChI=1S/C18H16FN3O5S/c19-11-6-10(23)1-2-12(11)21-4-3-8(15(21)24)5-9-7-28-17-13(20)16(25)22(17)14(9)18(26)27/h1-2,5-6,13,17,23H,3-4,7,20H2,(H,26,27)/t13-,17-/m1/s1. The first-order chi connectivity index (χ1) is 13.3. The predicted octanol–water partition coefficient (Wildman–Crippen LogP) is 0.775. The van der Waals surface area contributed by atoms with Gasteiger partial charge >= 0.3 is 5.97 Å². The van der Waals surface area contributed by atoms with Gasteiger partial charge in [0, 0.05) is 23.9 Å². The van der Waals surface area contributed by atoms with Crippen LogP contribution >= 0.6 is 11.8 Å². The summed E-state index contributed by atoms with van der Waals surface area (Å²) in [6.45, 7) is 0.228. The van der Waals surface area contributed by atoms with Crippen LogP contribution in [0.15, 0.2) is 41.1 Å². The normalized spacial score (nSPS) is 26.0. The Bertz CT molecular complexity index is 976. The van der Waals surface area contributed by atoms with E-state index in [0.29, 0.717) is 23.3 Å². The number of hydrogen-bond acceptors (Lipinski definition) is 6. The number of phenolic OH excluding ortho intramolecular Hbond substituents is 1. The number of allylic oxidation sites excluding steroid dienone is 1. The van der Waals surface area contributed by atoms with E-state index in [-0.39, 0.29) is 23.7 Å². The molecular formula is C18H16FN3O5S. The Morgan fingerprint density at radius 1 is 1.36 bits per heavy atom. The number of anilines is 1. The summed E-state index contributed by atoms with van der Waals surface area (Å²) in [6, 6.07) is 2.80. The first kappa shape index (κ1) is 18.5. The molecular weight excluding hydrogens is 389 g/mol. The number of carboxylic acid groups (broad SMARTS) is 1. The van der Waals surface area contributed by atoms with Crippen LogP contribution in [0.25, 0.3) is 0 Å². The fourth-order valence-electron chi connectivity index (χ4n) is 3.55. The van der Waals surface area contributed by atoms with Crippen molar-refractivity contribution in [2.45, 2.75) is 17.8 Å². The number of nitrogens with two attached hydrogens (primary N) is 1. The minimum Gasteiger partial charge on any atom is -0.508 e. The van der Waals surface area contributed by atoms with Crippen LogP contribution in [-0.4, -0.2) is 56.6 Å². The Morgan fingerprint density at radius 2 is 2.11 bits per heavy atom. The molecule has 2 fully saturated rings. The summed E-state index contributed by atoms with van der Waals surface area (Å²) in [4.78, 5) is 38.8. The lowest BCUT2D eigenvalue weighted by Crippen LogP contribution is -2.68.